The Hall–Kier alpha value is -8.15. The van der Waals surface area contributed by atoms with Crippen LogP contribution in [0.5, 0.6) is 5.75 Å². The molecule has 5 nitrogen and oxygen atoms in total. The Kier molecular flexibility index (Phi) is 10.1. The summed E-state index contributed by atoms with van der Waals surface area (Å²) in [5.74, 6) is 3.09. The summed E-state index contributed by atoms with van der Waals surface area (Å²) in [6.45, 7) is 6.68. The molecule has 5 heteroatoms. The van der Waals surface area contributed by atoms with E-state index >= 15 is 0 Å². The number of nitrogens with zero attached hydrogens (tertiary/aromatic N) is 4. The van der Waals surface area contributed by atoms with Crippen LogP contribution in [0.25, 0.3) is 56.2 Å². The molecule has 0 N–H and O–H groups in total. The zero-order chi connectivity index (χ0) is 43.9. The van der Waals surface area contributed by atoms with Crippen LogP contribution in [0.3, 0.4) is 0 Å². The van der Waals surface area contributed by atoms with E-state index in [9.17, 15) is 0 Å². The first-order valence-corrected chi connectivity index (χ1v) is 22.2. The third-order valence-electron chi connectivity index (χ3n) is 12.8. The molecule has 65 heavy (non-hydrogen) atoms. The molecule has 1 atom stereocenters. The number of ether oxygens (including phenoxy) is 1. The molecule has 0 saturated carbocycles. The summed E-state index contributed by atoms with van der Waals surface area (Å²) in [7, 11) is 0. The fourth-order valence-corrected chi connectivity index (χ4v) is 9.44. The molecule has 9 aromatic rings. The van der Waals surface area contributed by atoms with Gasteiger partial charge in [-0.25, -0.2) is 15.0 Å². The van der Waals surface area contributed by atoms with Crippen molar-refractivity contribution in [3.05, 3.63) is 247 Å². The highest BCUT2D eigenvalue weighted by atomic mass is 16.5. The van der Waals surface area contributed by atoms with Gasteiger partial charge in [-0.15, -0.1) is 0 Å². The number of allylic oxidation sites excluding steroid dienone is 4. The number of anilines is 3. The molecule has 0 saturated heterocycles. The Balaban J connectivity index is 0.990. The van der Waals surface area contributed by atoms with Crippen molar-refractivity contribution in [1.82, 2.24) is 15.0 Å². The number of hydrogen-bond donors (Lipinski definition) is 0. The first-order valence-electron chi connectivity index (χ1n) is 22.2. The van der Waals surface area contributed by atoms with Gasteiger partial charge in [0.2, 0.25) is 0 Å². The molecule has 11 rings (SSSR count). The normalized spacial score (nSPS) is 15.1. The van der Waals surface area contributed by atoms with Crippen molar-refractivity contribution < 1.29 is 4.74 Å². The van der Waals surface area contributed by atoms with E-state index < -0.39 is 0 Å². The first kappa shape index (κ1) is 39.7. The van der Waals surface area contributed by atoms with Crippen LogP contribution < -0.4 is 9.64 Å². The van der Waals surface area contributed by atoms with Crippen LogP contribution in [0, 0.1) is 0 Å². The number of aromatic nitrogens is 3. The maximum Gasteiger partial charge on any atom is 0.163 e. The Bertz CT molecular complexity index is 3190. The zero-order valence-corrected chi connectivity index (χ0v) is 36.6. The zero-order valence-electron chi connectivity index (χ0n) is 36.6. The van der Waals surface area contributed by atoms with Gasteiger partial charge in [0, 0.05) is 39.2 Å². The Labute approximate surface area is 380 Å². The van der Waals surface area contributed by atoms with Crippen molar-refractivity contribution in [2.24, 2.45) is 0 Å². The van der Waals surface area contributed by atoms with Crippen molar-refractivity contribution in [3.8, 4) is 61.9 Å². The van der Waals surface area contributed by atoms with Gasteiger partial charge < -0.3 is 9.64 Å². The lowest BCUT2D eigenvalue weighted by atomic mass is 9.82. The lowest BCUT2D eigenvalue weighted by molar-refractivity contribution is 0.434. The molecule has 0 fully saturated rings. The molecule has 1 aliphatic heterocycles. The molecular weight excluding hydrogens is 793 g/mol. The van der Waals surface area contributed by atoms with Gasteiger partial charge in [0.1, 0.15) is 23.3 Å². The van der Waals surface area contributed by atoms with Gasteiger partial charge in [0.25, 0.3) is 0 Å². The van der Waals surface area contributed by atoms with Gasteiger partial charge in [0.15, 0.2) is 11.6 Å². The minimum absolute atomic E-state index is 0.126. The van der Waals surface area contributed by atoms with E-state index in [2.05, 4.69) is 158 Å². The van der Waals surface area contributed by atoms with Crippen molar-refractivity contribution in [1.29, 1.82) is 0 Å². The molecule has 0 spiro atoms. The number of benzene rings is 8. The SMILES string of the molecule is C/C=C\C=C1\Oc2ccc(-c3ccc(N(c4ccc(-c5ccccc5)cc4)c4ccc5c(c4)C(C)(C)c4ccccc4-5)cc3)cc2C1c1nc(-c2ccccc2)nc(-c2ccccc2)n1. The minimum Gasteiger partial charge on any atom is -0.460 e. The van der Waals surface area contributed by atoms with Gasteiger partial charge >= 0.3 is 0 Å². The molecule has 1 unspecified atom stereocenters. The molecule has 0 bridgehead atoms. The van der Waals surface area contributed by atoms with E-state index in [1.54, 1.807) is 0 Å². The summed E-state index contributed by atoms with van der Waals surface area (Å²) in [5.41, 5.74) is 15.9. The van der Waals surface area contributed by atoms with Crippen molar-refractivity contribution >= 4 is 17.1 Å². The lowest BCUT2D eigenvalue weighted by Crippen LogP contribution is -2.16. The van der Waals surface area contributed by atoms with Gasteiger partial charge in [-0.2, -0.15) is 0 Å². The number of hydrogen-bond acceptors (Lipinski definition) is 5. The second-order valence-electron chi connectivity index (χ2n) is 17.2. The van der Waals surface area contributed by atoms with E-state index in [-0.39, 0.29) is 11.3 Å². The maximum absolute atomic E-state index is 6.61. The second kappa shape index (κ2) is 16.5. The standard InChI is InChI=1S/C60H46N4O/c1-4-5-25-55-56(59-62-57(43-19-11-7-12-20-43)61-58(63-59)44-21-13-8-14-22-44)51-38-45(30-37-54(51)65-55)42-28-33-47(34-29-42)64(46-31-26-41(27-32-46)40-17-9-6-10-18-40)48-35-36-50-49-23-15-16-24-52(49)60(2,3)53(50)39-48/h4-39,56H,1-3H3/b5-4-,55-25+. The van der Waals surface area contributed by atoms with E-state index in [4.69, 9.17) is 19.7 Å². The Morgan fingerprint density at radius 3 is 1.60 bits per heavy atom. The number of fused-ring (bicyclic) bond motifs is 4. The predicted octanol–water partition coefficient (Wildman–Crippen LogP) is 15.3. The lowest BCUT2D eigenvalue weighted by Gasteiger charge is -2.28. The Morgan fingerprint density at radius 1 is 0.477 bits per heavy atom. The Morgan fingerprint density at radius 2 is 0.985 bits per heavy atom. The van der Waals surface area contributed by atoms with Gasteiger partial charge in [-0.1, -0.05) is 178 Å². The summed E-state index contributed by atoms with van der Waals surface area (Å²) >= 11 is 0. The summed E-state index contributed by atoms with van der Waals surface area (Å²) in [6, 6.07) is 70.8. The molecule has 8 aromatic carbocycles. The van der Waals surface area contributed by atoms with E-state index in [0.717, 1.165) is 56.4 Å². The van der Waals surface area contributed by atoms with Crippen LogP contribution in [0.15, 0.2) is 224 Å². The summed E-state index contributed by atoms with van der Waals surface area (Å²) in [5, 5.41) is 0. The van der Waals surface area contributed by atoms with E-state index in [1.807, 2.05) is 85.8 Å². The fraction of sp³-hybridized carbons (Fsp3) is 0.0833. The molecule has 1 aromatic heterocycles. The first-order chi connectivity index (χ1) is 31.9. The topological polar surface area (TPSA) is 51.1 Å². The largest absolute Gasteiger partial charge is 0.460 e. The molecule has 1 aliphatic carbocycles. The monoisotopic (exact) mass is 838 g/mol. The smallest absolute Gasteiger partial charge is 0.163 e. The molecular formula is C60H46N4O. The van der Waals surface area contributed by atoms with Crippen molar-refractivity contribution in [3.63, 3.8) is 0 Å². The van der Waals surface area contributed by atoms with Crippen LogP contribution in [-0.4, -0.2) is 15.0 Å². The van der Waals surface area contributed by atoms with Gasteiger partial charge in [-0.3, -0.25) is 0 Å². The third-order valence-corrected chi connectivity index (χ3v) is 12.8. The third kappa shape index (κ3) is 7.31. The maximum atomic E-state index is 6.61. The summed E-state index contributed by atoms with van der Waals surface area (Å²) < 4.78 is 6.61. The molecule has 2 aliphatic rings. The number of rotatable bonds is 9. The second-order valence-corrected chi connectivity index (χ2v) is 17.2. The van der Waals surface area contributed by atoms with Gasteiger partial charge in [-0.05, 0) is 106 Å². The molecule has 0 amide bonds. The van der Waals surface area contributed by atoms with Crippen LogP contribution in [0.1, 0.15) is 49.2 Å². The van der Waals surface area contributed by atoms with E-state index in [1.165, 1.54) is 33.4 Å². The van der Waals surface area contributed by atoms with Crippen molar-refractivity contribution in [2.45, 2.75) is 32.1 Å². The highest BCUT2D eigenvalue weighted by Gasteiger charge is 2.37. The van der Waals surface area contributed by atoms with E-state index in [0.29, 0.717) is 17.5 Å². The molecule has 2 heterocycles. The van der Waals surface area contributed by atoms with Crippen molar-refractivity contribution in [2.75, 3.05) is 4.90 Å². The highest BCUT2D eigenvalue weighted by molar-refractivity contribution is 5.86. The summed E-state index contributed by atoms with van der Waals surface area (Å²) in [4.78, 5) is 17.6. The molecule has 0 radical (unpaired) electrons. The van der Waals surface area contributed by atoms with Crippen LogP contribution in [0.4, 0.5) is 17.1 Å². The highest BCUT2D eigenvalue weighted by Crippen LogP contribution is 2.51. The van der Waals surface area contributed by atoms with Gasteiger partial charge in [0.05, 0.1) is 0 Å². The van der Waals surface area contributed by atoms with Crippen LogP contribution in [-0.2, 0) is 5.41 Å². The molecule has 312 valence electrons. The predicted molar refractivity (Wildman–Crippen MR) is 266 cm³/mol. The summed E-state index contributed by atoms with van der Waals surface area (Å²) in [6.07, 6.45) is 6.03. The fourth-order valence-electron chi connectivity index (χ4n) is 9.44. The minimum atomic E-state index is -0.349. The van der Waals surface area contributed by atoms with Crippen LogP contribution in [0.2, 0.25) is 0 Å². The average Bonchev–Trinajstić information content (AvgIpc) is 3.85. The quantitative estimate of drug-likeness (QED) is 0.145. The average molecular weight is 839 g/mol. The van der Waals surface area contributed by atoms with Crippen LogP contribution >= 0.6 is 0 Å².